The second-order valence-electron chi connectivity index (χ2n) is 3.77. The van der Waals surface area contributed by atoms with E-state index in [-0.39, 0.29) is 11.9 Å². The lowest BCUT2D eigenvalue weighted by atomic mass is 10.2. The lowest BCUT2D eigenvalue weighted by molar-refractivity contribution is -0.146. The normalized spacial score (nSPS) is 12.6. The first kappa shape index (κ1) is 13.5. The molecule has 0 aliphatic rings. The molecule has 1 aromatic rings. The largest absolute Gasteiger partial charge is 0.469 e. The van der Waals surface area contributed by atoms with Crippen molar-refractivity contribution >= 4 is 12.0 Å². The van der Waals surface area contributed by atoms with Gasteiger partial charge in [-0.15, -0.1) is 0 Å². The minimum absolute atomic E-state index is 0.217. The van der Waals surface area contributed by atoms with Gasteiger partial charge in [0.15, 0.2) is 0 Å². The Kier molecular flexibility index (Phi) is 6.04. The summed E-state index contributed by atoms with van der Waals surface area (Å²) in [6.07, 6.45) is 3.92. The lowest BCUT2D eigenvalue weighted by Crippen LogP contribution is -2.18. The van der Waals surface area contributed by atoms with Crippen molar-refractivity contribution in [3.05, 3.63) is 42.0 Å². The van der Waals surface area contributed by atoms with Gasteiger partial charge in [0.25, 0.3) is 0 Å². The van der Waals surface area contributed by atoms with Crippen molar-refractivity contribution in [2.45, 2.75) is 6.92 Å². The third-order valence-corrected chi connectivity index (χ3v) is 2.30. The molecule has 0 aromatic heterocycles. The average Bonchev–Trinajstić information content (AvgIpc) is 2.38. The first-order chi connectivity index (χ1) is 8.24. The van der Waals surface area contributed by atoms with E-state index in [2.05, 4.69) is 4.74 Å². The van der Waals surface area contributed by atoms with Crippen molar-refractivity contribution in [2.24, 2.45) is 5.92 Å². The number of rotatable bonds is 6. The smallest absolute Gasteiger partial charge is 0.310 e. The first-order valence-electron chi connectivity index (χ1n) is 5.61. The number of hydrogen-bond acceptors (Lipinski definition) is 3. The van der Waals surface area contributed by atoms with Crippen molar-refractivity contribution in [1.29, 1.82) is 0 Å². The topological polar surface area (TPSA) is 35.5 Å². The van der Waals surface area contributed by atoms with Crippen molar-refractivity contribution < 1.29 is 14.3 Å². The Morgan fingerprint density at radius 1 is 1.35 bits per heavy atom. The van der Waals surface area contributed by atoms with Gasteiger partial charge in [0, 0.05) is 0 Å². The van der Waals surface area contributed by atoms with Gasteiger partial charge < -0.3 is 9.47 Å². The Hall–Kier alpha value is -1.61. The van der Waals surface area contributed by atoms with Crippen molar-refractivity contribution in [3.63, 3.8) is 0 Å². The molecule has 0 amide bonds. The zero-order valence-electron chi connectivity index (χ0n) is 10.3. The molecule has 0 radical (unpaired) electrons. The first-order valence-corrected chi connectivity index (χ1v) is 5.61. The summed E-state index contributed by atoms with van der Waals surface area (Å²) in [7, 11) is 1.38. The molecule has 1 atom stereocenters. The van der Waals surface area contributed by atoms with Crippen LogP contribution < -0.4 is 0 Å². The zero-order chi connectivity index (χ0) is 12.5. The van der Waals surface area contributed by atoms with Crippen LogP contribution in [0.2, 0.25) is 0 Å². The lowest BCUT2D eigenvalue weighted by Gasteiger charge is -2.08. The van der Waals surface area contributed by atoms with Crippen LogP contribution in [0.1, 0.15) is 12.5 Å². The number of ether oxygens (including phenoxy) is 2. The number of carbonyl (C=O) groups excluding carboxylic acids is 1. The number of hydrogen-bond donors (Lipinski definition) is 0. The maximum atomic E-state index is 11.1. The molecule has 1 unspecified atom stereocenters. The molecule has 0 N–H and O–H groups in total. The maximum absolute atomic E-state index is 11.1. The Bertz CT molecular complexity index is 357. The molecule has 0 aliphatic heterocycles. The van der Waals surface area contributed by atoms with Crippen LogP contribution in [0.5, 0.6) is 0 Å². The van der Waals surface area contributed by atoms with Crippen LogP contribution in [0.15, 0.2) is 36.4 Å². The molecule has 0 heterocycles. The van der Waals surface area contributed by atoms with E-state index >= 15 is 0 Å². The number of carbonyl (C=O) groups is 1. The Morgan fingerprint density at radius 3 is 2.71 bits per heavy atom. The predicted molar refractivity (Wildman–Crippen MR) is 67.5 cm³/mol. The molecule has 0 saturated heterocycles. The molecule has 0 fully saturated rings. The van der Waals surface area contributed by atoms with Crippen LogP contribution in [0, 0.1) is 5.92 Å². The van der Waals surface area contributed by atoms with E-state index in [0.29, 0.717) is 13.2 Å². The summed E-state index contributed by atoms with van der Waals surface area (Å²) in [5.41, 5.74) is 1.14. The molecular formula is C14H18O3. The fourth-order valence-electron chi connectivity index (χ4n) is 1.33. The fourth-order valence-corrected chi connectivity index (χ4v) is 1.33. The number of benzene rings is 1. The monoisotopic (exact) mass is 234 g/mol. The van der Waals surface area contributed by atoms with Gasteiger partial charge in [-0.2, -0.15) is 0 Å². The van der Waals surface area contributed by atoms with E-state index in [1.165, 1.54) is 7.11 Å². The molecule has 3 heteroatoms. The van der Waals surface area contributed by atoms with Crippen LogP contribution in [-0.2, 0) is 14.3 Å². The second kappa shape index (κ2) is 7.63. The SMILES string of the molecule is COC(=O)C(C)COC/C=C/c1ccccc1. The third kappa shape index (κ3) is 5.31. The Morgan fingerprint density at radius 2 is 2.06 bits per heavy atom. The Labute approximate surface area is 102 Å². The molecule has 17 heavy (non-hydrogen) atoms. The molecule has 0 bridgehead atoms. The molecule has 92 valence electrons. The quantitative estimate of drug-likeness (QED) is 0.560. The highest BCUT2D eigenvalue weighted by Gasteiger charge is 2.11. The van der Waals surface area contributed by atoms with Crippen LogP contribution >= 0.6 is 0 Å². The molecular weight excluding hydrogens is 216 g/mol. The summed E-state index contributed by atoms with van der Waals surface area (Å²) in [6, 6.07) is 9.99. The molecule has 0 saturated carbocycles. The summed E-state index contributed by atoms with van der Waals surface area (Å²) in [4.78, 5) is 11.1. The van der Waals surface area contributed by atoms with Gasteiger partial charge in [0.2, 0.25) is 0 Å². The van der Waals surface area contributed by atoms with Gasteiger partial charge in [-0.1, -0.05) is 42.5 Å². The fraction of sp³-hybridized carbons (Fsp3) is 0.357. The average molecular weight is 234 g/mol. The molecule has 1 aromatic carbocycles. The highest BCUT2D eigenvalue weighted by atomic mass is 16.5. The summed E-state index contributed by atoms with van der Waals surface area (Å²) >= 11 is 0. The van der Waals surface area contributed by atoms with E-state index in [1.807, 2.05) is 42.5 Å². The zero-order valence-corrected chi connectivity index (χ0v) is 10.3. The minimum Gasteiger partial charge on any atom is -0.469 e. The summed E-state index contributed by atoms with van der Waals surface area (Å²) < 4.78 is 9.95. The predicted octanol–water partition coefficient (Wildman–Crippen LogP) is 2.53. The third-order valence-electron chi connectivity index (χ3n) is 2.30. The number of methoxy groups -OCH3 is 1. The van der Waals surface area contributed by atoms with Crippen LogP contribution in [0.4, 0.5) is 0 Å². The van der Waals surface area contributed by atoms with E-state index < -0.39 is 0 Å². The van der Waals surface area contributed by atoms with E-state index in [9.17, 15) is 4.79 Å². The van der Waals surface area contributed by atoms with Crippen molar-refractivity contribution in [2.75, 3.05) is 20.3 Å². The van der Waals surface area contributed by atoms with Crippen LogP contribution in [0.25, 0.3) is 6.08 Å². The second-order valence-corrected chi connectivity index (χ2v) is 3.77. The van der Waals surface area contributed by atoms with Gasteiger partial charge in [-0.25, -0.2) is 0 Å². The van der Waals surface area contributed by atoms with Gasteiger partial charge >= 0.3 is 5.97 Å². The molecule has 0 spiro atoms. The van der Waals surface area contributed by atoms with Gasteiger partial charge in [-0.3, -0.25) is 4.79 Å². The number of esters is 1. The molecule has 0 aliphatic carbocycles. The summed E-state index contributed by atoms with van der Waals surface area (Å²) in [5, 5.41) is 0. The summed E-state index contributed by atoms with van der Waals surface area (Å²) in [5.74, 6) is -0.456. The molecule has 1 rings (SSSR count). The van der Waals surface area contributed by atoms with E-state index in [0.717, 1.165) is 5.56 Å². The van der Waals surface area contributed by atoms with Crippen molar-refractivity contribution in [1.82, 2.24) is 0 Å². The highest BCUT2D eigenvalue weighted by Crippen LogP contribution is 2.02. The minimum atomic E-state index is -0.239. The Balaban J connectivity index is 2.20. The standard InChI is InChI=1S/C14H18O3/c1-12(14(15)16-2)11-17-10-6-9-13-7-4-3-5-8-13/h3-9,12H,10-11H2,1-2H3/b9-6+. The van der Waals surface area contributed by atoms with E-state index in [1.54, 1.807) is 6.92 Å². The van der Waals surface area contributed by atoms with E-state index in [4.69, 9.17) is 4.74 Å². The van der Waals surface area contributed by atoms with Gasteiger partial charge in [0.1, 0.15) is 0 Å². The maximum Gasteiger partial charge on any atom is 0.310 e. The van der Waals surface area contributed by atoms with Crippen LogP contribution in [0.3, 0.4) is 0 Å². The van der Waals surface area contributed by atoms with Crippen LogP contribution in [-0.4, -0.2) is 26.3 Å². The summed E-state index contributed by atoms with van der Waals surface area (Å²) in [6.45, 7) is 2.66. The highest BCUT2D eigenvalue weighted by molar-refractivity contribution is 5.71. The van der Waals surface area contributed by atoms with Crippen molar-refractivity contribution in [3.8, 4) is 0 Å². The van der Waals surface area contributed by atoms with Gasteiger partial charge in [0.05, 0.1) is 26.2 Å². The van der Waals surface area contributed by atoms with Gasteiger partial charge in [-0.05, 0) is 12.5 Å². The molecule has 3 nitrogen and oxygen atoms in total.